The van der Waals surface area contributed by atoms with Gasteiger partial charge in [0.05, 0.1) is 6.42 Å². The molecule has 21 heavy (non-hydrogen) atoms. The van der Waals surface area contributed by atoms with Crippen molar-refractivity contribution in [1.29, 1.82) is 0 Å². The molecule has 2 atom stereocenters. The molecule has 1 radical (unpaired) electrons. The average Bonchev–Trinajstić information content (AvgIpc) is 2.43. The molecular formula is C15H27N2O4. The van der Waals surface area contributed by atoms with Crippen LogP contribution < -0.4 is 0 Å². The predicted molar refractivity (Wildman–Crippen MR) is 83.3 cm³/mol. The van der Waals surface area contributed by atoms with Crippen molar-refractivity contribution in [1.82, 2.24) is 0 Å². The Balaban J connectivity index is 3.85. The maximum Gasteiger partial charge on any atom is 0.237 e. The van der Waals surface area contributed by atoms with Crippen molar-refractivity contribution >= 4 is 0 Å². The first kappa shape index (κ1) is 19.5. The van der Waals surface area contributed by atoms with Gasteiger partial charge in [-0.1, -0.05) is 51.5 Å². The summed E-state index contributed by atoms with van der Waals surface area (Å²) in [7, 11) is 0. The van der Waals surface area contributed by atoms with Gasteiger partial charge in [-0.3, -0.25) is 20.2 Å². The van der Waals surface area contributed by atoms with Crippen molar-refractivity contribution in [3.63, 3.8) is 0 Å². The van der Waals surface area contributed by atoms with Crippen molar-refractivity contribution < 1.29 is 9.85 Å². The van der Waals surface area contributed by atoms with E-state index in [1.54, 1.807) is 6.08 Å². The van der Waals surface area contributed by atoms with Crippen LogP contribution in [0.15, 0.2) is 12.2 Å². The quantitative estimate of drug-likeness (QED) is 0.221. The molecule has 0 amide bonds. The first-order valence-electron chi connectivity index (χ1n) is 7.75. The summed E-state index contributed by atoms with van der Waals surface area (Å²) in [5.41, 5.74) is 0. The van der Waals surface area contributed by atoms with Crippen LogP contribution in [-0.4, -0.2) is 21.9 Å². The molecular weight excluding hydrogens is 272 g/mol. The lowest BCUT2D eigenvalue weighted by molar-refractivity contribution is -0.546. The molecule has 0 aromatic rings. The van der Waals surface area contributed by atoms with E-state index in [0.717, 1.165) is 19.3 Å². The van der Waals surface area contributed by atoms with Crippen LogP contribution >= 0.6 is 0 Å². The Labute approximate surface area is 126 Å². The summed E-state index contributed by atoms with van der Waals surface area (Å²) >= 11 is 0. The molecule has 0 N–H and O–H groups in total. The van der Waals surface area contributed by atoms with Gasteiger partial charge in [-0.05, 0) is 18.9 Å². The lowest BCUT2D eigenvalue weighted by Gasteiger charge is -2.06. The van der Waals surface area contributed by atoms with E-state index in [4.69, 9.17) is 0 Å². The largest absolute Gasteiger partial charge is 0.264 e. The summed E-state index contributed by atoms with van der Waals surface area (Å²) in [4.78, 5) is 20.2. The van der Waals surface area contributed by atoms with Gasteiger partial charge in [-0.25, -0.2) is 0 Å². The maximum absolute atomic E-state index is 10.8. The van der Waals surface area contributed by atoms with Crippen molar-refractivity contribution in [3.8, 4) is 0 Å². The summed E-state index contributed by atoms with van der Waals surface area (Å²) in [6.45, 7) is 5.50. The number of unbranched alkanes of at least 4 members (excludes halogenated alkanes) is 7. The van der Waals surface area contributed by atoms with Crippen molar-refractivity contribution in [2.75, 3.05) is 0 Å². The maximum atomic E-state index is 10.8. The SMILES string of the molecule is [CH2]C(CC(C=CCCCCCCCCC)[N+](=O)[O-])[N+](=O)[O-]. The standard InChI is InChI=1S/C15H27N2O4/c1-3-4-5-6-7-8-9-10-11-12-15(17(20)21)13-14(2)16(18)19/h11-12,14-15H,2-10,13H2,1H3. The van der Waals surface area contributed by atoms with E-state index in [1.165, 1.54) is 38.2 Å². The Morgan fingerprint density at radius 2 is 1.57 bits per heavy atom. The molecule has 6 heteroatoms. The zero-order chi connectivity index (χ0) is 16.1. The molecule has 6 nitrogen and oxygen atoms in total. The van der Waals surface area contributed by atoms with E-state index in [-0.39, 0.29) is 6.42 Å². The molecule has 0 aromatic heterocycles. The number of nitro groups is 2. The Kier molecular flexibility index (Phi) is 11.4. The third-order valence-electron chi connectivity index (χ3n) is 3.42. The highest BCUT2D eigenvalue weighted by molar-refractivity contribution is 4.90. The normalized spacial score (nSPS) is 14.2. The Bertz CT molecular complexity index is 332. The number of nitrogens with zero attached hydrogens (tertiary/aromatic N) is 2. The van der Waals surface area contributed by atoms with Gasteiger partial charge < -0.3 is 0 Å². The number of allylic oxidation sites excluding steroid dienone is 1. The van der Waals surface area contributed by atoms with E-state index in [2.05, 4.69) is 13.8 Å². The zero-order valence-corrected chi connectivity index (χ0v) is 12.9. The Hall–Kier alpha value is -1.46. The van der Waals surface area contributed by atoms with Crippen LogP contribution in [0.1, 0.15) is 64.7 Å². The van der Waals surface area contributed by atoms with Gasteiger partial charge in [-0.2, -0.15) is 0 Å². The topological polar surface area (TPSA) is 86.3 Å². The van der Waals surface area contributed by atoms with Gasteiger partial charge in [0.15, 0.2) is 0 Å². The molecule has 0 aliphatic heterocycles. The number of hydrogen-bond donors (Lipinski definition) is 0. The lowest BCUT2D eigenvalue weighted by atomic mass is 10.1. The van der Waals surface area contributed by atoms with Crippen LogP contribution in [0, 0.1) is 27.2 Å². The molecule has 0 aliphatic carbocycles. The van der Waals surface area contributed by atoms with Crippen molar-refractivity contribution in [2.24, 2.45) is 0 Å². The number of rotatable bonds is 13. The van der Waals surface area contributed by atoms with Gasteiger partial charge in [0, 0.05) is 16.8 Å². The summed E-state index contributed by atoms with van der Waals surface area (Å²) in [5.74, 6) is 0. The summed E-state index contributed by atoms with van der Waals surface area (Å²) in [6, 6.07) is -2.15. The fourth-order valence-electron chi connectivity index (χ4n) is 2.07. The second-order valence-electron chi connectivity index (χ2n) is 5.37. The zero-order valence-electron chi connectivity index (χ0n) is 12.9. The predicted octanol–water partition coefficient (Wildman–Crippen LogP) is 4.20. The van der Waals surface area contributed by atoms with Gasteiger partial charge in [0.1, 0.15) is 0 Å². The molecule has 2 unspecified atom stereocenters. The molecule has 0 fully saturated rings. The van der Waals surface area contributed by atoms with E-state index in [9.17, 15) is 20.2 Å². The van der Waals surface area contributed by atoms with E-state index in [1.807, 2.05) is 0 Å². The van der Waals surface area contributed by atoms with Crippen molar-refractivity contribution in [3.05, 3.63) is 39.3 Å². The molecule has 0 spiro atoms. The highest BCUT2D eigenvalue weighted by atomic mass is 16.6. The Morgan fingerprint density at radius 1 is 1.00 bits per heavy atom. The summed E-state index contributed by atoms with van der Waals surface area (Å²) in [6.07, 6.45) is 12.3. The van der Waals surface area contributed by atoms with Crippen LogP contribution in [0.4, 0.5) is 0 Å². The molecule has 121 valence electrons. The van der Waals surface area contributed by atoms with Gasteiger partial charge in [0.2, 0.25) is 12.1 Å². The van der Waals surface area contributed by atoms with E-state index >= 15 is 0 Å². The van der Waals surface area contributed by atoms with Crippen LogP contribution in [0.3, 0.4) is 0 Å². The van der Waals surface area contributed by atoms with E-state index in [0.29, 0.717) is 0 Å². The second kappa shape index (κ2) is 12.3. The van der Waals surface area contributed by atoms with Crippen LogP contribution in [0.5, 0.6) is 0 Å². The first-order valence-corrected chi connectivity index (χ1v) is 7.75. The monoisotopic (exact) mass is 299 g/mol. The summed E-state index contributed by atoms with van der Waals surface area (Å²) < 4.78 is 0. The molecule has 0 bridgehead atoms. The first-order chi connectivity index (χ1) is 9.99. The molecule has 0 aromatic carbocycles. The highest BCUT2D eigenvalue weighted by Gasteiger charge is 2.25. The Morgan fingerprint density at radius 3 is 2.10 bits per heavy atom. The molecule has 0 saturated heterocycles. The van der Waals surface area contributed by atoms with Gasteiger partial charge in [0.25, 0.3) is 0 Å². The molecule has 0 saturated carbocycles. The molecule has 0 aliphatic rings. The average molecular weight is 299 g/mol. The molecule has 0 heterocycles. The number of hydrogen-bond acceptors (Lipinski definition) is 4. The third kappa shape index (κ3) is 10.9. The second-order valence-corrected chi connectivity index (χ2v) is 5.37. The van der Waals surface area contributed by atoms with Crippen LogP contribution in [0.25, 0.3) is 0 Å². The van der Waals surface area contributed by atoms with Crippen LogP contribution in [-0.2, 0) is 0 Å². The smallest absolute Gasteiger partial charge is 0.237 e. The highest BCUT2D eigenvalue weighted by Crippen LogP contribution is 2.10. The molecule has 0 rings (SSSR count). The van der Waals surface area contributed by atoms with E-state index < -0.39 is 21.9 Å². The minimum atomic E-state index is -1.14. The lowest BCUT2D eigenvalue weighted by Crippen LogP contribution is -2.26. The van der Waals surface area contributed by atoms with Crippen molar-refractivity contribution in [2.45, 2.75) is 76.8 Å². The minimum absolute atomic E-state index is 0.159. The fourth-order valence-corrected chi connectivity index (χ4v) is 2.07. The summed E-state index contributed by atoms with van der Waals surface area (Å²) in [5, 5.41) is 21.3. The third-order valence-corrected chi connectivity index (χ3v) is 3.42. The van der Waals surface area contributed by atoms with Gasteiger partial charge in [-0.15, -0.1) is 0 Å². The van der Waals surface area contributed by atoms with Crippen LogP contribution in [0.2, 0.25) is 0 Å². The fraction of sp³-hybridized carbons (Fsp3) is 0.800. The minimum Gasteiger partial charge on any atom is -0.264 e. The van der Waals surface area contributed by atoms with Gasteiger partial charge >= 0.3 is 0 Å².